The van der Waals surface area contributed by atoms with E-state index in [1.807, 2.05) is 6.07 Å². The highest BCUT2D eigenvalue weighted by molar-refractivity contribution is 6.05. The molecule has 6 heteroatoms. The molecule has 1 atom stereocenters. The molecule has 1 aliphatic heterocycles. The molecule has 0 saturated heterocycles. The van der Waals surface area contributed by atoms with Crippen molar-refractivity contribution in [2.24, 2.45) is 0 Å². The maximum Gasteiger partial charge on any atom is 0.256 e. The smallest absolute Gasteiger partial charge is 0.256 e. The molecule has 2 aliphatic rings. The van der Waals surface area contributed by atoms with Crippen LogP contribution in [-0.4, -0.2) is 28.7 Å². The molecule has 0 unspecified atom stereocenters. The van der Waals surface area contributed by atoms with Crippen molar-refractivity contribution in [2.75, 3.05) is 11.9 Å². The number of para-hydroxylation sites is 1. The molecule has 27 heavy (non-hydrogen) atoms. The number of carbonyl (C=O) groups excluding carboxylic acids is 1. The van der Waals surface area contributed by atoms with Gasteiger partial charge in [-0.05, 0) is 37.8 Å². The first-order valence-corrected chi connectivity index (χ1v) is 9.58. The van der Waals surface area contributed by atoms with Crippen LogP contribution in [0.15, 0.2) is 36.5 Å². The van der Waals surface area contributed by atoms with Gasteiger partial charge in [0.1, 0.15) is 11.9 Å². The molecular formula is C21H24N2O4. The number of hydrogen-bond donors (Lipinski definition) is 2. The van der Waals surface area contributed by atoms with Crippen molar-refractivity contribution in [1.82, 2.24) is 4.98 Å². The van der Waals surface area contributed by atoms with Crippen LogP contribution in [-0.2, 0) is 0 Å². The quantitative estimate of drug-likeness (QED) is 0.856. The van der Waals surface area contributed by atoms with Crippen LogP contribution in [0.3, 0.4) is 0 Å². The zero-order valence-corrected chi connectivity index (χ0v) is 15.2. The van der Waals surface area contributed by atoms with Crippen molar-refractivity contribution in [3.63, 3.8) is 0 Å². The Balaban J connectivity index is 1.49. The molecule has 4 rings (SSSR count). The molecule has 142 valence electrons. The van der Waals surface area contributed by atoms with Crippen molar-refractivity contribution in [1.29, 1.82) is 0 Å². The number of pyridine rings is 1. The summed E-state index contributed by atoms with van der Waals surface area (Å²) in [6.45, 7) is 0.426. The van der Waals surface area contributed by atoms with Gasteiger partial charge in [0.15, 0.2) is 0 Å². The zero-order chi connectivity index (χ0) is 18.6. The van der Waals surface area contributed by atoms with Gasteiger partial charge in [-0.1, -0.05) is 18.6 Å². The molecule has 1 fully saturated rings. The van der Waals surface area contributed by atoms with Crippen LogP contribution in [0.4, 0.5) is 5.69 Å². The monoisotopic (exact) mass is 368 g/mol. The van der Waals surface area contributed by atoms with Gasteiger partial charge in [-0.3, -0.25) is 4.79 Å². The lowest BCUT2D eigenvalue weighted by molar-refractivity contribution is 0.101. The van der Waals surface area contributed by atoms with Gasteiger partial charge in [-0.25, -0.2) is 4.98 Å². The number of benzene rings is 1. The van der Waals surface area contributed by atoms with Crippen molar-refractivity contribution < 1.29 is 19.4 Å². The fourth-order valence-electron chi connectivity index (χ4n) is 3.67. The Kier molecular flexibility index (Phi) is 5.25. The van der Waals surface area contributed by atoms with E-state index in [4.69, 9.17) is 9.47 Å². The van der Waals surface area contributed by atoms with Crippen molar-refractivity contribution >= 4 is 11.6 Å². The second-order valence-electron chi connectivity index (χ2n) is 7.09. The average molecular weight is 368 g/mol. The van der Waals surface area contributed by atoms with E-state index in [-0.39, 0.29) is 12.0 Å². The van der Waals surface area contributed by atoms with Gasteiger partial charge < -0.3 is 19.9 Å². The Morgan fingerprint density at radius 2 is 2.04 bits per heavy atom. The van der Waals surface area contributed by atoms with Gasteiger partial charge in [-0.15, -0.1) is 0 Å². The predicted molar refractivity (Wildman–Crippen MR) is 101 cm³/mol. The summed E-state index contributed by atoms with van der Waals surface area (Å²) in [5, 5.41) is 13.0. The van der Waals surface area contributed by atoms with E-state index >= 15 is 0 Å². The Morgan fingerprint density at radius 3 is 2.89 bits per heavy atom. The first kappa shape index (κ1) is 17.8. The summed E-state index contributed by atoms with van der Waals surface area (Å²) in [6, 6.07) is 8.73. The number of nitrogens with one attached hydrogen (secondary N) is 1. The van der Waals surface area contributed by atoms with Crippen LogP contribution in [0.25, 0.3) is 0 Å². The van der Waals surface area contributed by atoms with Gasteiger partial charge in [0, 0.05) is 29.8 Å². The number of aromatic nitrogens is 1. The van der Waals surface area contributed by atoms with E-state index < -0.39 is 6.10 Å². The van der Waals surface area contributed by atoms with Crippen LogP contribution in [0.2, 0.25) is 0 Å². The average Bonchev–Trinajstić information content (AvgIpc) is 2.70. The summed E-state index contributed by atoms with van der Waals surface area (Å²) in [4.78, 5) is 17.0. The third kappa shape index (κ3) is 4.06. The molecule has 2 N–H and O–H groups in total. The molecule has 1 saturated carbocycles. The largest absolute Gasteiger partial charge is 0.491 e. The number of rotatable bonds is 4. The minimum atomic E-state index is -0.568. The number of anilines is 1. The lowest BCUT2D eigenvalue weighted by atomic mass is 9.98. The van der Waals surface area contributed by atoms with Gasteiger partial charge in [-0.2, -0.15) is 0 Å². The lowest BCUT2D eigenvalue weighted by Gasteiger charge is -2.24. The summed E-state index contributed by atoms with van der Waals surface area (Å²) in [6.07, 6.45) is 7.44. The van der Waals surface area contributed by atoms with E-state index in [0.29, 0.717) is 41.5 Å². The topological polar surface area (TPSA) is 80.7 Å². The third-order valence-corrected chi connectivity index (χ3v) is 5.13. The standard InChI is InChI=1S/C21H24N2O4/c24-18-10-12-26-20-16(18)7-4-8-17(20)23-21(25)14-9-11-22-19(13-14)27-15-5-2-1-3-6-15/h4,7-9,11,13,15,18,24H,1-3,5-6,10,12H2,(H,23,25)/t18-/m1/s1. The number of carbonyl (C=O) groups is 1. The number of amides is 1. The van der Waals surface area contributed by atoms with Crippen LogP contribution in [0.5, 0.6) is 11.6 Å². The number of hydrogen-bond acceptors (Lipinski definition) is 5. The predicted octanol–water partition coefficient (Wildman–Crippen LogP) is 3.86. The summed E-state index contributed by atoms with van der Waals surface area (Å²) < 4.78 is 11.6. The molecule has 2 heterocycles. The Labute approximate surface area is 158 Å². The van der Waals surface area contributed by atoms with E-state index in [2.05, 4.69) is 10.3 Å². The lowest BCUT2D eigenvalue weighted by Crippen LogP contribution is -2.21. The molecule has 0 radical (unpaired) electrons. The summed E-state index contributed by atoms with van der Waals surface area (Å²) in [5.41, 5.74) is 1.74. The first-order valence-electron chi connectivity index (χ1n) is 9.58. The van der Waals surface area contributed by atoms with Crippen molar-refractivity contribution in [2.45, 2.75) is 50.7 Å². The normalized spacial score (nSPS) is 19.7. The van der Waals surface area contributed by atoms with E-state index in [0.717, 1.165) is 12.8 Å². The minimum absolute atomic E-state index is 0.181. The molecule has 1 aromatic carbocycles. The Hall–Kier alpha value is -2.60. The van der Waals surface area contributed by atoms with Crippen LogP contribution in [0.1, 0.15) is 60.6 Å². The maximum atomic E-state index is 12.7. The van der Waals surface area contributed by atoms with Crippen LogP contribution in [0, 0.1) is 0 Å². The van der Waals surface area contributed by atoms with Crippen molar-refractivity contribution in [3.8, 4) is 11.6 Å². The number of aliphatic hydroxyl groups excluding tert-OH is 1. The maximum absolute atomic E-state index is 12.7. The molecular weight excluding hydrogens is 344 g/mol. The molecule has 0 spiro atoms. The summed E-state index contributed by atoms with van der Waals surface area (Å²) >= 11 is 0. The second kappa shape index (κ2) is 7.96. The molecule has 1 amide bonds. The van der Waals surface area contributed by atoms with Gasteiger partial charge in [0.25, 0.3) is 5.91 Å². The van der Waals surface area contributed by atoms with Crippen LogP contribution >= 0.6 is 0 Å². The summed E-state index contributed by atoms with van der Waals surface area (Å²) in [7, 11) is 0. The third-order valence-electron chi connectivity index (χ3n) is 5.13. The minimum Gasteiger partial charge on any atom is -0.491 e. The van der Waals surface area contributed by atoms with Gasteiger partial charge in [0.2, 0.25) is 5.88 Å². The highest BCUT2D eigenvalue weighted by Crippen LogP contribution is 2.38. The molecule has 2 aromatic rings. The SMILES string of the molecule is O=C(Nc1cccc2c1OCC[C@H]2O)c1ccnc(OC2CCCCC2)c1. The van der Waals surface area contributed by atoms with Gasteiger partial charge >= 0.3 is 0 Å². The fraction of sp³-hybridized carbons (Fsp3) is 0.429. The van der Waals surface area contributed by atoms with Gasteiger partial charge in [0.05, 0.1) is 18.4 Å². The molecule has 1 aromatic heterocycles. The first-order chi connectivity index (χ1) is 13.2. The zero-order valence-electron chi connectivity index (χ0n) is 15.2. The van der Waals surface area contributed by atoms with Crippen molar-refractivity contribution in [3.05, 3.63) is 47.7 Å². The summed E-state index contributed by atoms with van der Waals surface area (Å²) in [5.74, 6) is 0.761. The number of nitrogens with zero attached hydrogens (tertiary/aromatic N) is 1. The highest BCUT2D eigenvalue weighted by Gasteiger charge is 2.23. The molecule has 1 aliphatic carbocycles. The number of fused-ring (bicyclic) bond motifs is 1. The second-order valence-corrected chi connectivity index (χ2v) is 7.09. The van der Waals surface area contributed by atoms with E-state index in [9.17, 15) is 9.90 Å². The Morgan fingerprint density at radius 1 is 1.19 bits per heavy atom. The highest BCUT2D eigenvalue weighted by atomic mass is 16.5. The fourth-order valence-corrected chi connectivity index (χ4v) is 3.67. The Bertz CT molecular complexity index is 818. The van der Waals surface area contributed by atoms with E-state index in [1.54, 1.807) is 30.5 Å². The number of ether oxygens (including phenoxy) is 2. The van der Waals surface area contributed by atoms with Crippen LogP contribution < -0.4 is 14.8 Å². The number of aliphatic hydroxyl groups is 1. The van der Waals surface area contributed by atoms with E-state index in [1.165, 1.54) is 19.3 Å². The molecule has 6 nitrogen and oxygen atoms in total. The molecule has 0 bridgehead atoms.